The van der Waals surface area contributed by atoms with Crippen LogP contribution in [-0.4, -0.2) is 17.1 Å². The summed E-state index contributed by atoms with van der Waals surface area (Å²) in [6, 6.07) is 10.9. The molecule has 4 atom stereocenters. The van der Waals surface area contributed by atoms with E-state index in [1.165, 1.54) is 9.75 Å². The number of rotatable bonds is 5. The summed E-state index contributed by atoms with van der Waals surface area (Å²) in [6.07, 6.45) is 0.160. The largest absolute Gasteiger partial charge is 0.386 e. The van der Waals surface area contributed by atoms with Gasteiger partial charge in [0, 0.05) is 26.6 Å². The van der Waals surface area contributed by atoms with E-state index in [1.54, 1.807) is 35.6 Å². The van der Waals surface area contributed by atoms with Crippen molar-refractivity contribution < 1.29 is 9.90 Å². The molecule has 1 aliphatic rings. The van der Waals surface area contributed by atoms with Gasteiger partial charge in [-0.1, -0.05) is 23.7 Å². The Kier molecular flexibility index (Phi) is 4.76. The molecule has 122 valence electrons. The molecule has 0 saturated heterocycles. The van der Waals surface area contributed by atoms with Crippen molar-refractivity contribution >= 4 is 28.8 Å². The molecule has 1 saturated carbocycles. The summed E-state index contributed by atoms with van der Waals surface area (Å²) in [5.41, 5.74) is 0.753. The highest BCUT2D eigenvalue weighted by Gasteiger charge is 2.45. The molecule has 3 nitrogen and oxygen atoms in total. The summed E-state index contributed by atoms with van der Waals surface area (Å²) in [6.45, 7) is 3.90. The fraction of sp³-hybridized carbons (Fsp3) is 0.389. The van der Waals surface area contributed by atoms with Crippen molar-refractivity contribution in [3.8, 4) is 0 Å². The van der Waals surface area contributed by atoms with Crippen LogP contribution < -0.4 is 5.32 Å². The fourth-order valence-electron chi connectivity index (χ4n) is 2.81. The Morgan fingerprint density at radius 2 is 2.00 bits per heavy atom. The van der Waals surface area contributed by atoms with Crippen molar-refractivity contribution in [2.45, 2.75) is 38.3 Å². The summed E-state index contributed by atoms with van der Waals surface area (Å²) in [4.78, 5) is 14.9. The van der Waals surface area contributed by atoms with E-state index in [0.717, 1.165) is 12.0 Å². The number of carbonyl (C=O) groups is 1. The van der Waals surface area contributed by atoms with Gasteiger partial charge < -0.3 is 10.4 Å². The zero-order valence-electron chi connectivity index (χ0n) is 13.1. The number of nitrogens with one attached hydrogen (secondary N) is 1. The molecule has 1 aliphatic carbocycles. The molecule has 23 heavy (non-hydrogen) atoms. The highest BCUT2D eigenvalue weighted by atomic mass is 35.5. The number of thiophene rings is 1. The Balaban J connectivity index is 1.56. The molecular weight excluding hydrogens is 330 g/mol. The number of hydrogen-bond donors (Lipinski definition) is 2. The lowest BCUT2D eigenvalue weighted by atomic mass is 10.0. The Bertz CT molecular complexity index is 697. The molecule has 1 aromatic heterocycles. The Morgan fingerprint density at radius 3 is 2.61 bits per heavy atom. The summed E-state index contributed by atoms with van der Waals surface area (Å²) < 4.78 is 0. The Hall–Kier alpha value is -1.36. The molecule has 0 spiro atoms. The fourth-order valence-corrected chi connectivity index (χ4v) is 3.99. The summed E-state index contributed by atoms with van der Waals surface area (Å²) in [7, 11) is 0. The Morgan fingerprint density at radius 1 is 1.30 bits per heavy atom. The second-order valence-electron chi connectivity index (χ2n) is 6.19. The van der Waals surface area contributed by atoms with Crippen molar-refractivity contribution in [3.63, 3.8) is 0 Å². The molecule has 5 heteroatoms. The predicted octanol–water partition coefficient (Wildman–Crippen LogP) is 4.05. The maximum Gasteiger partial charge on any atom is 0.224 e. The van der Waals surface area contributed by atoms with Crippen LogP contribution >= 0.6 is 22.9 Å². The minimum atomic E-state index is -0.739. The maximum atomic E-state index is 12.4. The van der Waals surface area contributed by atoms with Gasteiger partial charge in [0.15, 0.2) is 0 Å². The average molecular weight is 350 g/mol. The minimum Gasteiger partial charge on any atom is -0.386 e. The van der Waals surface area contributed by atoms with Crippen LogP contribution in [0.3, 0.4) is 0 Å². The molecule has 1 aromatic carbocycles. The van der Waals surface area contributed by atoms with Crippen LogP contribution in [0.15, 0.2) is 36.4 Å². The smallest absolute Gasteiger partial charge is 0.224 e. The van der Waals surface area contributed by atoms with E-state index in [2.05, 4.69) is 24.4 Å². The highest BCUT2D eigenvalue weighted by molar-refractivity contribution is 7.12. The van der Waals surface area contributed by atoms with E-state index in [9.17, 15) is 9.90 Å². The van der Waals surface area contributed by atoms with Gasteiger partial charge in [0.25, 0.3) is 0 Å². The number of hydrogen-bond acceptors (Lipinski definition) is 3. The molecule has 0 bridgehead atoms. The molecule has 0 radical (unpaired) electrons. The van der Waals surface area contributed by atoms with Crippen LogP contribution in [-0.2, 0) is 4.79 Å². The van der Waals surface area contributed by atoms with E-state index in [4.69, 9.17) is 11.6 Å². The summed E-state index contributed by atoms with van der Waals surface area (Å²) in [5.74, 6) is 0.406. The molecular formula is C18H20ClNO2S. The monoisotopic (exact) mass is 349 g/mol. The van der Waals surface area contributed by atoms with Crippen LogP contribution in [0.5, 0.6) is 0 Å². The lowest BCUT2D eigenvalue weighted by Gasteiger charge is -2.20. The van der Waals surface area contributed by atoms with E-state index < -0.39 is 6.10 Å². The van der Waals surface area contributed by atoms with Crippen LogP contribution in [0.25, 0.3) is 0 Å². The lowest BCUT2D eigenvalue weighted by Crippen LogP contribution is -2.38. The first-order chi connectivity index (χ1) is 11.0. The van der Waals surface area contributed by atoms with E-state index in [1.807, 2.05) is 6.92 Å². The van der Waals surface area contributed by atoms with Crippen molar-refractivity contribution in [2.75, 3.05) is 0 Å². The number of aliphatic hydroxyl groups excluding tert-OH is 1. The van der Waals surface area contributed by atoms with Crippen molar-refractivity contribution in [2.24, 2.45) is 5.92 Å². The van der Waals surface area contributed by atoms with Crippen molar-refractivity contribution in [1.29, 1.82) is 0 Å². The number of benzene rings is 1. The predicted molar refractivity (Wildman–Crippen MR) is 93.9 cm³/mol. The van der Waals surface area contributed by atoms with E-state index in [-0.39, 0.29) is 17.9 Å². The number of aliphatic hydroxyl groups is 1. The zero-order valence-corrected chi connectivity index (χ0v) is 14.7. The Labute approximate surface area is 145 Å². The van der Waals surface area contributed by atoms with E-state index >= 15 is 0 Å². The lowest BCUT2D eigenvalue weighted by molar-refractivity contribution is -0.123. The molecule has 0 aliphatic heterocycles. The van der Waals surface area contributed by atoms with Crippen LogP contribution in [0.4, 0.5) is 0 Å². The second-order valence-corrected chi connectivity index (χ2v) is 7.95. The van der Waals surface area contributed by atoms with Gasteiger partial charge in [0.2, 0.25) is 5.91 Å². The van der Waals surface area contributed by atoms with Gasteiger partial charge in [-0.2, -0.15) is 0 Å². The first kappa shape index (κ1) is 16.5. The van der Waals surface area contributed by atoms with Crippen LogP contribution in [0.1, 0.15) is 40.7 Å². The normalized spacial score (nSPS) is 22.4. The van der Waals surface area contributed by atoms with E-state index in [0.29, 0.717) is 10.9 Å². The highest BCUT2D eigenvalue weighted by Crippen LogP contribution is 2.49. The van der Waals surface area contributed by atoms with Gasteiger partial charge in [-0.15, -0.1) is 11.3 Å². The molecule has 2 N–H and O–H groups in total. The van der Waals surface area contributed by atoms with Crippen molar-refractivity contribution in [1.82, 2.24) is 5.32 Å². The SMILES string of the molecule is Cc1ccc(C2CC2C(=O)NC(C)C(O)c2ccc(Cl)cc2)s1. The van der Waals surface area contributed by atoms with Crippen LogP contribution in [0, 0.1) is 12.8 Å². The number of amides is 1. The zero-order chi connectivity index (χ0) is 16.6. The summed E-state index contributed by atoms with van der Waals surface area (Å²) in [5, 5.41) is 13.9. The quantitative estimate of drug-likeness (QED) is 0.855. The van der Waals surface area contributed by atoms with Crippen LogP contribution in [0.2, 0.25) is 5.02 Å². The second kappa shape index (κ2) is 6.63. The molecule has 2 aromatic rings. The number of aryl methyl sites for hydroxylation is 1. The molecule has 4 unspecified atom stereocenters. The van der Waals surface area contributed by atoms with Gasteiger partial charge in [0.05, 0.1) is 12.1 Å². The topological polar surface area (TPSA) is 49.3 Å². The number of carbonyl (C=O) groups excluding carboxylic acids is 1. The molecule has 3 rings (SSSR count). The molecule has 1 heterocycles. The van der Waals surface area contributed by atoms with Crippen molar-refractivity contribution in [3.05, 3.63) is 56.7 Å². The minimum absolute atomic E-state index is 0.0292. The first-order valence-electron chi connectivity index (χ1n) is 7.76. The summed E-state index contributed by atoms with van der Waals surface area (Å²) >= 11 is 7.62. The van der Waals surface area contributed by atoms with Gasteiger partial charge >= 0.3 is 0 Å². The van der Waals surface area contributed by atoms with Gasteiger partial charge in [-0.05, 0) is 50.1 Å². The average Bonchev–Trinajstić information content (AvgIpc) is 3.22. The van der Waals surface area contributed by atoms with Gasteiger partial charge in [-0.3, -0.25) is 4.79 Å². The number of halogens is 1. The van der Waals surface area contributed by atoms with Gasteiger partial charge in [0.1, 0.15) is 0 Å². The standard InChI is InChI=1S/C18H20ClNO2S/c1-10-3-8-16(23-10)14-9-15(14)18(22)20-11(2)17(21)12-4-6-13(19)7-5-12/h3-8,11,14-15,17,21H,9H2,1-2H3,(H,20,22). The first-order valence-corrected chi connectivity index (χ1v) is 8.95. The van der Waals surface area contributed by atoms with Gasteiger partial charge in [-0.25, -0.2) is 0 Å². The third-order valence-corrected chi connectivity index (χ3v) is 5.69. The third-order valence-electron chi connectivity index (χ3n) is 4.31. The maximum absolute atomic E-state index is 12.4. The third kappa shape index (κ3) is 3.77. The molecule has 1 amide bonds. The molecule has 1 fully saturated rings.